The zero-order valence-corrected chi connectivity index (χ0v) is 13.8. The van der Waals surface area contributed by atoms with Gasteiger partial charge < -0.3 is 23.8 Å². The van der Waals surface area contributed by atoms with E-state index >= 15 is 0 Å². The Labute approximate surface area is 144 Å². The molecule has 10 heteroatoms. The molecule has 0 aromatic heterocycles. The number of rotatable bonds is 6. The third-order valence-corrected chi connectivity index (χ3v) is 3.95. The van der Waals surface area contributed by atoms with Crippen LogP contribution in [0.4, 0.5) is 0 Å². The van der Waals surface area contributed by atoms with Crippen molar-refractivity contribution in [2.24, 2.45) is 0 Å². The fourth-order valence-electron chi connectivity index (χ4n) is 1.30. The van der Waals surface area contributed by atoms with Crippen LogP contribution >= 0.6 is 30.8 Å². The van der Waals surface area contributed by atoms with Crippen LogP contribution in [-0.2, 0) is 14.1 Å². The molecule has 1 aromatic rings. The van der Waals surface area contributed by atoms with Crippen molar-refractivity contribution >= 4 is 36.8 Å². The summed E-state index contributed by atoms with van der Waals surface area (Å²) in [6, 6.07) is 4.40. The molecular weight excluding hydrogens is 337 g/mol. The molecule has 0 radical (unpaired) electrons. The average molecular weight is 349 g/mol. The van der Waals surface area contributed by atoms with E-state index in [2.05, 4.69) is 4.74 Å². The second-order valence-corrected chi connectivity index (χ2v) is 6.33. The Morgan fingerprint density at radius 3 is 2.57 bits per heavy atom. The fraction of sp³-hybridized carbons (Fsp3) is 0.364. The number of carbonyl (C=O) groups is 1. The van der Waals surface area contributed by atoms with Crippen molar-refractivity contribution in [1.82, 2.24) is 0 Å². The number of esters is 1. The molecule has 0 bridgehead atoms. The number of benzene rings is 1. The first-order valence-electron chi connectivity index (χ1n) is 5.55. The minimum atomic E-state index is -4.73. The van der Waals surface area contributed by atoms with Crippen LogP contribution in [0, 0.1) is 0 Å². The van der Waals surface area contributed by atoms with E-state index in [1.54, 1.807) is 0 Å². The first kappa shape index (κ1) is 20.8. The zero-order chi connectivity index (χ0) is 15.3. The normalized spacial score (nSPS) is 14.5. The van der Waals surface area contributed by atoms with Gasteiger partial charge in [0.05, 0.1) is 5.02 Å². The number of halogens is 2. The molecule has 1 aromatic carbocycles. The molecule has 0 aliphatic heterocycles. The molecule has 0 spiro atoms. The maximum absolute atomic E-state index is 11.4. The second-order valence-electron chi connectivity index (χ2n) is 3.78. The molecule has 0 saturated heterocycles. The molecule has 1 N–H and O–H groups in total. The molecule has 2 unspecified atom stereocenters. The van der Waals surface area contributed by atoms with Crippen molar-refractivity contribution in [1.29, 1.82) is 0 Å². The van der Waals surface area contributed by atoms with Crippen LogP contribution in [0.15, 0.2) is 18.2 Å². The van der Waals surface area contributed by atoms with Crippen molar-refractivity contribution < 1.29 is 47.5 Å². The molecule has 0 fully saturated rings. The number of carbonyl (C=O) groups excluding carboxylic acids is 1. The van der Waals surface area contributed by atoms with E-state index in [1.165, 1.54) is 25.1 Å². The van der Waals surface area contributed by atoms with Gasteiger partial charge in [-0.05, 0) is 24.6 Å². The van der Waals surface area contributed by atoms with Gasteiger partial charge in [-0.15, -0.1) is 0 Å². The summed E-state index contributed by atoms with van der Waals surface area (Å²) in [5.41, 5.74) is 0. The Morgan fingerprint density at radius 2 is 2.10 bits per heavy atom. The first-order chi connectivity index (χ1) is 9.24. The zero-order valence-electron chi connectivity index (χ0n) is 11.4. The molecule has 0 amide bonds. The van der Waals surface area contributed by atoms with Gasteiger partial charge in [-0.3, -0.25) is 0 Å². The van der Waals surface area contributed by atoms with E-state index in [0.717, 1.165) is 0 Å². The third-order valence-electron chi connectivity index (χ3n) is 2.22. The molecule has 0 aliphatic carbocycles. The van der Waals surface area contributed by atoms with Crippen LogP contribution < -0.4 is 28.5 Å². The molecule has 1 rings (SSSR count). The van der Waals surface area contributed by atoms with Crippen molar-refractivity contribution in [3.8, 4) is 5.75 Å². The van der Waals surface area contributed by atoms with E-state index in [1.807, 2.05) is 0 Å². The van der Waals surface area contributed by atoms with E-state index in [4.69, 9.17) is 32.8 Å². The second kappa shape index (κ2) is 9.07. The van der Waals surface area contributed by atoms with Crippen LogP contribution in [-0.4, -0.2) is 23.3 Å². The van der Waals surface area contributed by atoms with Crippen molar-refractivity contribution in [2.75, 3.05) is 6.61 Å². The van der Waals surface area contributed by atoms with Crippen molar-refractivity contribution in [3.63, 3.8) is 0 Å². The number of hydrogen-bond donors (Lipinski definition) is 1. The molecule has 0 heterocycles. The topological polar surface area (TPSA) is 95.9 Å². The van der Waals surface area contributed by atoms with Gasteiger partial charge in [0.15, 0.2) is 20.0 Å². The maximum atomic E-state index is 11.4. The first-order valence-corrected chi connectivity index (χ1v) is 7.95. The molecule has 6 nitrogen and oxygen atoms in total. The molecule has 2 atom stereocenters. The summed E-state index contributed by atoms with van der Waals surface area (Å²) in [4.78, 5) is 31.1. The van der Waals surface area contributed by atoms with Gasteiger partial charge >= 0.3 is 24.8 Å². The standard InChI is InChI=1S/C11H13Cl2O6P.Li/c1-2-11(20(15,16)17)19-10(14)6-18-9-4-3-7(12)5-8(9)13;/h3-5,11H,2,6H2,1H3,(H2,15,16,17);/q;+1/p-1. The van der Waals surface area contributed by atoms with E-state index in [0.29, 0.717) is 5.02 Å². The van der Waals surface area contributed by atoms with E-state index < -0.39 is 26.0 Å². The van der Waals surface area contributed by atoms with Gasteiger partial charge in [0.25, 0.3) is 0 Å². The monoisotopic (exact) mass is 348 g/mol. The van der Waals surface area contributed by atoms with Crippen molar-refractivity contribution in [3.05, 3.63) is 28.2 Å². The fourth-order valence-corrected chi connectivity index (χ4v) is 2.47. The van der Waals surface area contributed by atoms with Gasteiger partial charge in [0.1, 0.15) is 5.75 Å². The molecule has 112 valence electrons. The summed E-state index contributed by atoms with van der Waals surface area (Å²) in [5.74, 6) is -2.32. The molecule has 0 aliphatic rings. The largest absolute Gasteiger partial charge is 1.00 e. The van der Waals surface area contributed by atoms with Gasteiger partial charge in [-0.1, -0.05) is 30.1 Å². The predicted octanol–water partition coefficient (Wildman–Crippen LogP) is -0.799. The Balaban J connectivity index is 0.00000400. The number of hydrogen-bond acceptors (Lipinski definition) is 5. The predicted molar refractivity (Wildman–Crippen MR) is 72.0 cm³/mol. The summed E-state index contributed by atoms with van der Waals surface area (Å²) in [7, 11) is -4.73. The van der Waals surface area contributed by atoms with Crippen LogP contribution in [0.25, 0.3) is 0 Å². The van der Waals surface area contributed by atoms with E-state index in [-0.39, 0.29) is 36.1 Å². The third kappa shape index (κ3) is 7.08. The summed E-state index contributed by atoms with van der Waals surface area (Å²) in [6.45, 7) is 0.910. The molecule has 0 saturated carbocycles. The molecule has 21 heavy (non-hydrogen) atoms. The van der Waals surface area contributed by atoms with Crippen molar-refractivity contribution in [2.45, 2.75) is 19.2 Å². The summed E-state index contributed by atoms with van der Waals surface area (Å²) >= 11 is 11.5. The Kier molecular flexibility index (Phi) is 8.99. The summed E-state index contributed by atoms with van der Waals surface area (Å²) in [6.07, 6.45) is -0.0648. The van der Waals surface area contributed by atoms with E-state index in [9.17, 15) is 14.3 Å². The maximum Gasteiger partial charge on any atom is 1.00 e. The van der Waals surface area contributed by atoms with Gasteiger partial charge in [0.2, 0.25) is 0 Å². The Morgan fingerprint density at radius 1 is 1.48 bits per heavy atom. The molecular formula is C11H12Cl2LiO6P. The van der Waals surface area contributed by atoms with Gasteiger partial charge in [0, 0.05) is 5.02 Å². The Hall–Kier alpha value is -0.183. The van der Waals surface area contributed by atoms with Crippen LogP contribution in [0.5, 0.6) is 5.75 Å². The van der Waals surface area contributed by atoms with Crippen LogP contribution in [0.1, 0.15) is 13.3 Å². The smallest absolute Gasteiger partial charge is 0.776 e. The van der Waals surface area contributed by atoms with Gasteiger partial charge in [-0.2, -0.15) is 0 Å². The van der Waals surface area contributed by atoms with Crippen LogP contribution in [0.3, 0.4) is 0 Å². The summed E-state index contributed by atoms with van der Waals surface area (Å²) < 4.78 is 20.6. The minimum absolute atomic E-state index is 0. The minimum Gasteiger partial charge on any atom is -0.776 e. The SMILES string of the molecule is CCC(OC(=O)COc1ccc(Cl)cc1Cl)P(=O)([O-])O.[Li+]. The van der Waals surface area contributed by atoms with Gasteiger partial charge in [-0.25, -0.2) is 4.79 Å². The Bertz CT molecular complexity index is 535. The summed E-state index contributed by atoms with van der Waals surface area (Å²) in [5, 5.41) is 0.609. The number of ether oxygens (including phenoxy) is 2. The van der Waals surface area contributed by atoms with Crippen LogP contribution in [0.2, 0.25) is 10.0 Å². The average Bonchev–Trinajstić information content (AvgIpc) is 2.33. The quantitative estimate of drug-likeness (QED) is 0.411.